The van der Waals surface area contributed by atoms with Gasteiger partial charge in [-0.2, -0.15) is 18.3 Å². The molecule has 3 amide bonds. The molecule has 8 nitrogen and oxygen atoms in total. The molecule has 204 valence electrons. The number of carbonyl (C=O) groups excluding carboxylic acids is 3. The van der Waals surface area contributed by atoms with E-state index in [4.69, 9.17) is 0 Å². The lowest BCUT2D eigenvalue weighted by atomic mass is 10.1. The van der Waals surface area contributed by atoms with Crippen LogP contribution in [0.2, 0.25) is 0 Å². The van der Waals surface area contributed by atoms with Gasteiger partial charge in [-0.05, 0) is 84.8 Å². The van der Waals surface area contributed by atoms with E-state index in [-0.39, 0.29) is 27.7 Å². The van der Waals surface area contributed by atoms with E-state index in [1.54, 1.807) is 19.1 Å². The number of halogens is 4. The number of anilines is 3. The molecule has 3 aromatic rings. The zero-order valence-corrected chi connectivity index (χ0v) is 21.5. The number of thioether (sulfide) groups is 1. The lowest BCUT2D eigenvalue weighted by Crippen LogP contribution is -2.26. The van der Waals surface area contributed by atoms with Crippen molar-refractivity contribution in [2.45, 2.75) is 20.0 Å². The van der Waals surface area contributed by atoms with E-state index < -0.39 is 45.9 Å². The third-order valence-corrected chi connectivity index (χ3v) is 7.09. The average Bonchev–Trinajstić information content (AvgIpc) is 3.34. The first-order chi connectivity index (χ1) is 18.8. The van der Waals surface area contributed by atoms with Crippen LogP contribution in [0.25, 0.3) is 6.08 Å². The molecule has 2 aliphatic rings. The zero-order chi connectivity index (χ0) is 28.9. The Bertz CT molecular complexity index is 1680. The van der Waals surface area contributed by atoms with Gasteiger partial charge in [-0.25, -0.2) is 4.39 Å². The van der Waals surface area contributed by atoms with Gasteiger partial charge in [0.05, 0.1) is 27.4 Å². The van der Waals surface area contributed by atoms with Crippen LogP contribution in [-0.4, -0.2) is 27.9 Å². The molecule has 0 saturated carbocycles. The molecule has 13 heteroatoms. The molecule has 5 rings (SSSR count). The van der Waals surface area contributed by atoms with Crippen molar-refractivity contribution in [2.75, 3.05) is 10.3 Å². The van der Waals surface area contributed by atoms with Gasteiger partial charge >= 0.3 is 6.18 Å². The number of hydrogen-bond acceptors (Lipinski definition) is 7. The highest BCUT2D eigenvalue weighted by molar-refractivity contribution is 8.18. The summed E-state index contributed by atoms with van der Waals surface area (Å²) in [5.74, 6) is -3.11. The van der Waals surface area contributed by atoms with Crippen molar-refractivity contribution in [3.05, 3.63) is 87.1 Å². The number of carbonyl (C=O) groups is 3. The predicted molar refractivity (Wildman–Crippen MR) is 142 cm³/mol. The number of hydrazone groups is 1. The van der Waals surface area contributed by atoms with Crippen LogP contribution in [0.4, 0.5) is 39.4 Å². The van der Waals surface area contributed by atoms with Gasteiger partial charge in [-0.3, -0.25) is 30.0 Å². The summed E-state index contributed by atoms with van der Waals surface area (Å²) in [7, 11) is 0. The van der Waals surface area contributed by atoms with Crippen LogP contribution >= 0.6 is 11.8 Å². The van der Waals surface area contributed by atoms with E-state index in [0.29, 0.717) is 29.5 Å². The standard InChI is InChI=1S/C27H18F4N4O4S/c1-12-3-5-16(7-13(12)2)35-19-11-15(27(29,30)31)10-17(28)22(19)23(25(35)38)34-33-18-6-4-14(8-20(18)36)9-21-24(37)32-26(39)40-21/h3-11,33,36H,1-2H3,(H,32,37,39). The summed E-state index contributed by atoms with van der Waals surface area (Å²) in [5.41, 5.74) is 2.18. The maximum absolute atomic E-state index is 15.1. The summed E-state index contributed by atoms with van der Waals surface area (Å²) in [4.78, 5) is 37.6. The topological polar surface area (TPSA) is 111 Å². The Balaban J connectivity index is 1.53. The fourth-order valence-electron chi connectivity index (χ4n) is 4.14. The number of imide groups is 1. The molecule has 0 aliphatic carbocycles. The number of nitrogens with zero attached hydrogens (tertiary/aromatic N) is 2. The summed E-state index contributed by atoms with van der Waals surface area (Å²) in [6, 6.07) is 9.91. The average molecular weight is 571 g/mol. The van der Waals surface area contributed by atoms with Gasteiger partial charge in [0.15, 0.2) is 5.71 Å². The van der Waals surface area contributed by atoms with Gasteiger partial charge < -0.3 is 5.11 Å². The highest BCUT2D eigenvalue weighted by atomic mass is 32.2. The maximum Gasteiger partial charge on any atom is 0.416 e. The first-order valence-corrected chi connectivity index (χ1v) is 12.4. The Morgan fingerprint density at radius 3 is 2.40 bits per heavy atom. The smallest absolute Gasteiger partial charge is 0.416 e. The minimum Gasteiger partial charge on any atom is -0.506 e. The van der Waals surface area contributed by atoms with Gasteiger partial charge in [0.2, 0.25) is 0 Å². The molecule has 1 saturated heterocycles. The Morgan fingerprint density at radius 1 is 1.02 bits per heavy atom. The number of hydrogen-bond donors (Lipinski definition) is 3. The van der Waals surface area contributed by atoms with Gasteiger partial charge in [-0.15, -0.1) is 0 Å². The monoisotopic (exact) mass is 570 g/mol. The minimum absolute atomic E-state index is 0.0134. The second-order valence-corrected chi connectivity index (χ2v) is 9.97. The minimum atomic E-state index is -4.86. The van der Waals surface area contributed by atoms with Crippen LogP contribution in [-0.2, 0) is 15.8 Å². The van der Waals surface area contributed by atoms with Gasteiger partial charge in [0, 0.05) is 5.69 Å². The van der Waals surface area contributed by atoms with Gasteiger partial charge in [0.1, 0.15) is 11.6 Å². The van der Waals surface area contributed by atoms with Crippen molar-refractivity contribution in [3.63, 3.8) is 0 Å². The summed E-state index contributed by atoms with van der Waals surface area (Å²) in [5, 5.41) is 16.0. The van der Waals surface area contributed by atoms with Crippen LogP contribution < -0.4 is 15.6 Å². The molecule has 0 aromatic heterocycles. The quantitative estimate of drug-likeness (QED) is 0.154. The molecule has 0 atom stereocenters. The Morgan fingerprint density at radius 2 is 1.77 bits per heavy atom. The number of rotatable bonds is 4. The first kappa shape index (κ1) is 26.9. The molecule has 1 fully saturated rings. The number of nitrogens with one attached hydrogen (secondary N) is 2. The third kappa shape index (κ3) is 4.91. The highest BCUT2D eigenvalue weighted by Crippen LogP contribution is 2.42. The predicted octanol–water partition coefficient (Wildman–Crippen LogP) is 5.99. The van der Waals surface area contributed by atoms with Crippen molar-refractivity contribution < 1.29 is 37.1 Å². The molecule has 0 radical (unpaired) electrons. The summed E-state index contributed by atoms with van der Waals surface area (Å²) >= 11 is 0.697. The maximum atomic E-state index is 15.1. The molecule has 0 spiro atoms. The summed E-state index contributed by atoms with van der Waals surface area (Å²) in [6.45, 7) is 3.59. The zero-order valence-electron chi connectivity index (χ0n) is 20.7. The van der Waals surface area contributed by atoms with Crippen molar-refractivity contribution in [1.82, 2.24) is 5.32 Å². The van der Waals surface area contributed by atoms with Crippen LogP contribution in [0.1, 0.15) is 27.8 Å². The molecule has 40 heavy (non-hydrogen) atoms. The van der Waals surface area contributed by atoms with Crippen molar-refractivity contribution >= 4 is 57.7 Å². The van der Waals surface area contributed by atoms with E-state index in [0.717, 1.165) is 16.0 Å². The molecule has 0 unspecified atom stereocenters. The molecule has 2 aliphatic heterocycles. The van der Waals surface area contributed by atoms with Crippen LogP contribution in [0.15, 0.2) is 58.5 Å². The lowest BCUT2D eigenvalue weighted by molar-refractivity contribution is -0.137. The number of aryl methyl sites for hydroxylation is 2. The number of amides is 3. The number of fused-ring (bicyclic) bond motifs is 1. The second-order valence-electron chi connectivity index (χ2n) is 8.96. The van der Waals surface area contributed by atoms with Gasteiger partial charge in [0.25, 0.3) is 17.1 Å². The Labute approximate surface area is 228 Å². The number of aromatic hydroxyl groups is 1. The fourth-order valence-corrected chi connectivity index (χ4v) is 4.82. The SMILES string of the molecule is Cc1ccc(N2C(=O)C(=NNc3ccc(C=C4SC(=O)NC4=O)cc3O)c3c(F)cc(C(F)(F)F)cc32)cc1C. The largest absolute Gasteiger partial charge is 0.506 e. The third-order valence-electron chi connectivity index (χ3n) is 6.28. The molecule has 0 bridgehead atoms. The number of benzene rings is 3. The second kappa shape index (κ2) is 9.83. The van der Waals surface area contributed by atoms with E-state index in [1.165, 1.54) is 30.3 Å². The first-order valence-electron chi connectivity index (χ1n) is 11.6. The molecular formula is C27H18F4N4O4S. The molecule has 2 heterocycles. The number of phenolic OH excluding ortho intramolecular Hbond substituents is 1. The summed E-state index contributed by atoms with van der Waals surface area (Å²) < 4.78 is 55.7. The van der Waals surface area contributed by atoms with Crippen molar-refractivity contribution in [2.24, 2.45) is 5.10 Å². The van der Waals surface area contributed by atoms with Gasteiger partial charge in [-0.1, -0.05) is 12.1 Å². The number of alkyl halides is 3. The van der Waals surface area contributed by atoms with E-state index in [9.17, 15) is 32.7 Å². The lowest BCUT2D eigenvalue weighted by Gasteiger charge is -2.19. The molecular weight excluding hydrogens is 552 g/mol. The van der Waals surface area contributed by atoms with Crippen LogP contribution in [0, 0.1) is 19.7 Å². The Hall–Kier alpha value is -4.65. The van der Waals surface area contributed by atoms with Crippen LogP contribution in [0.5, 0.6) is 5.75 Å². The number of phenols is 1. The normalized spacial score (nSPS) is 17.1. The van der Waals surface area contributed by atoms with Crippen molar-refractivity contribution in [3.8, 4) is 5.75 Å². The highest BCUT2D eigenvalue weighted by Gasteiger charge is 2.41. The summed E-state index contributed by atoms with van der Waals surface area (Å²) in [6.07, 6.45) is -3.48. The van der Waals surface area contributed by atoms with E-state index in [1.807, 2.05) is 6.92 Å². The molecule has 3 aromatic carbocycles. The molecule has 3 N–H and O–H groups in total. The van der Waals surface area contributed by atoms with Crippen molar-refractivity contribution in [1.29, 1.82) is 0 Å². The Kier molecular flexibility index (Phi) is 6.62. The van der Waals surface area contributed by atoms with Crippen LogP contribution in [0.3, 0.4) is 0 Å². The fraction of sp³-hybridized carbons (Fsp3) is 0.111. The van der Waals surface area contributed by atoms with E-state index >= 15 is 4.39 Å². The van der Waals surface area contributed by atoms with E-state index in [2.05, 4.69) is 15.8 Å².